The van der Waals surface area contributed by atoms with Crippen molar-refractivity contribution in [2.24, 2.45) is 0 Å². The summed E-state index contributed by atoms with van der Waals surface area (Å²) in [6.45, 7) is 1.81. The van der Waals surface area contributed by atoms with Crippen LogP contribution in [0.1, 0.15) is 18.4 Å². The summed E-state index contributed by atoms with van der Waals surface area (Å²) in [6.07, 6.45) is 2.70. The van der Waals surface area contributed by atoms with Crippen LogP contribution >= 0.6 is 0 Å². The molecule has 1 rings (SSSR count). The maximum atomic E-state index is 11.1. The van der Waals surface area contributed by atoms with Crippen LogP contribution in [0.3, 0.4) is 0 Å². The first-order valence-electron chi connectivity index (χ1n) is 6.35. The molecule has 4 heteroatoms. The van der Waals surface area contributed by atoms with E-state index < -0.39 is 0 Å². The van der Waals surface area contributed by atoms with Crippen molar-refractivity contribution in [1.29, 1.82) is 0 Å². The largest absolute Gasteiger partial charge is 0.399 e. The molecule has 100 valence electrons. The van der Waals surface area contributed by atoms with E-state index in [0.29, 0.717) is 6.42 Å². The van der Waals surface area contributed by atoms with Crippen molar-refractivity contribution >= 4 is 11.6 Å². The number of nitrogens with zero attached hydrogens (tertiary/aromatic N) is 1. The third-order valence-corrected chi connectivity index (χ3v) is 2.98. The molecule has 18 heavy (non-hydrogen) atoms. The zero-order valence-corrected chi connectivity index (χ0v) is 11.3. The van der Waals surface area contributed by atoms with Crippen LogP contribution in [0, 0.1) is 0 Å². The highest BCUT2D eigenvalue weighted by Gasteiger charge is 2.02. The lowest BCUT2D eigenvalue weighted by molar-refractivity contribution is -0.120. The van der Waals surface area contributed by atoms with Crippen LogP contribution in [0.15, 0.2) is 24.3 Å². The molecule has 1 aromatic rings. The monoisotopic (exact) mass is 249 g/mol. The molecule has 0 saturated heterocycles. The van der Waals surface area contributed by atoms with Crippen LogP contribution in [0.4, 0.5) is 5.69 Å². The summed E-state index contributed by atoms with van der Waals surface area (Å²) in [4.78, 5) is 13.3. The molecule has 0 aromatic heterocycles. The van der Waals surface area contributed by atoms with Crippen LogP contribution in [-0.2, 0) is 11.2 Å². The summed E-state index contributed by atoms with van der Waals surface area (Å²) in [7, 11) is 3.72. The predicted octanol–water partition coefficient (Wildman–Crippen LogP) is 1.27. The maximum absolute atomic E-state index is 11.1. The maximum Gasteiger partial charge on any atom is 0.221 e. The fourth-order valence-corrected chi connectivity index (χ4v) is 1.77. The number of hydrogen-bond donors (Lipinski definition) is 2. The van der Waals surface area contributed by atoms with Crippen molar-refractivity contribution in [3.05, 3.63) is 29.8 Å². The van der Waals surface area contributed by atoms with Gasteiger partial charge in [-0.1, -0.05) is 12.1 Å². The first kappa shape index (κ1) is 14.5. The van der Waals surface area contributed by atoms with Gasteiger partial charge in [-0.3, -0.25) is 4.79 Å². The molecule has 0 aliphatic heterocycles. The van der Waals surface area contributed by atoms with E-state index in [4.69, 9.17) is 5.73 Å². The van der Waals surface area contributed by atoms with Gasteiger partial charge in [0.15, 0.2) is 0 Å². The molecular formula is C14H23N3O. The van der Waals surface area contributed by atoms with Gasteiger partial charge in [0.1, 0.15) is 0 Å². The highest BCUT2D eigenvalue weighted by molar-refractivity contribution is 5.75. The smallest absolute Gasteiger partial charge is 0.221 e. The molecule has 0 aliphatic rings. The van der Waals surface area contributed by atoms with Gasteiger partial charge in [-0.25, -0.2) is 0 Å². The van der Waals surface area contributed by atoms with Gasteiger partial charge >= 0.3 is 0 Å². The van der Waals surface area contributed by atoms with E-state index in [1.54, 1.807) is 7.05 Å². The predicted molar refractivity (Wildman–Crippen MR) is 75.4 cm³/mol. The van der Waals surface area contributed by atoms with Crippen LogP contribution in [-0.4, -0.2) is 38.0 Å². The number of benzene rings is 1. The van der Waals surface area contributed by atoms with Crippen molar-refractivity contribution in [1.82, 2.24) is 10.2 Å². The Morgan fingerprint density at radius 2 is 1.94 bits per heavy atom. The van der Waals surface area contributed by atoms with Crippen LogP contribution in [0.5, 0.6) is 0 Å². The molecule has 4 nitrogen and oxygen atoms in total. The van der Waals surface area contributed by atoms with Crippen LogP contribution in [0.25, 0.3) is 0 Å². The van der Waals surface area contributed by atoms with E-state index >= 15 is 0 Å². The molecule has 0 heterocycles. The standard InChI is InChI=1S/C14H23N3O/c1-16-14(18)9-11-17(2)10-3-4-12-5-7-13(15)8-6-12/h5-8H,3-4,9-11,15H2,1-2H3,(H,16,18). The summed E-state index contributed by atoms with van der Waals surface area (Å²) < 4.78 is 0. The number of rotatable bonds is 7. The van der Waals surface area contributed by atoms with Gasteiger partial charge in [0.2, 0.25) is 5.91 Å². The highest BCUT2D eigenvalue weighted by atomic mass is 16.1. The van der Waals surface area contributed by atoms with Gasteiger partial charge < -0.3 is 16.0 Å². The van der Waals surface area contributed by atoms with Gasteiger partial charge in [0, 0.05) is 25.7 Å². The Hall–Kier alpha value is -1.55. The quantitative estimate of drug-likeness (QED) is 0.715. The zero-order chi connectivity index (χ0) is 13.4. The number of nitrogens with two attached hydrogens (primary N) is 1. The minimum Gasteiger partial charge on any atom is -0.399 e. The molecule has 0 fully saturated rings. The van der Waals surface area contributed by atoms with Crippen molar-refractivity contribution in [2.45, 2.75) is 19.3 Å². The second kappa shape index (κ2) is 7.71. The first-order valence-corrected chi connectivity index (χ1v) is 6.35. The number of nitrogens with one attached hydrogen (secondary N) is 1. The van der Waals surface area contributed by atoms with E-state index in [2.05, 4.69) is 22.3 Å². The first-order chi connectivity index (χ1) is 8.61. The number of aryl methyl sites for hydroxylation is 1. The Balaban J connectivity index is 2.17. The van der Waals surface area contributed by atoms with Gasteiger partial charge in [-0.05, 0) is 44.1 Å². The minimum absolute atomic E-state index is 0.0976. The zero-order valence-electron chi connectivity index (χ0n) is 11.3. The molecule has 0 bridgehead atoms. The van der Waals surface area contributed by atoms with Gasteiger partial charge in [0.05, 0.1) is 0 Å². The summed E-state index contributed by atoms with van der Waals surface area (Å²) in [5.74, 6) is 0.0976. The molecule has 0 saturated carbocycles. The summed E-state index contributed by atoms with van der Waals surface area (Å²) in [5.41, 5.74) is 7.75. The van der Waals surface area contributed by atoms with Gasteiger partial charge in [-0.2, -0.15) is 0 Å². The topological polar surface area (TPSA) is 58.4 Å². The molecule has 0 aliphatic carbocycles. The van der Waals surface area contributed by atoms with Crippen molar-refractivity contribution in [3.63, 3.8) is 0 Å². The lowest BCUT2D eigenvalue weighted by atomic mass is 10.1. The lowest BCUT2D eigenvalue weighted by Crippen LogP contribution is -2.27. The van der Waals surface area contributed by atoms with Crippen LogP contribution < -0.4 is 11.1 Å². The Bertz CT molecular complexity index is 362. The van der Waals surface area contributed by atoms with Gasteiger partial charge in [-0.15, -0.1) is 0 Å². The second-order valence-corrected chi connectivity index (χ2v) is 4.57. The number of amides is 1. The molecule has 0 atom stereocenters. The highest BCUT2D eigenvalue weighted by Crippen LogP contribution is 2.07. The van der Waals surface area contributed by atoms with E-state index in [0.717, 1.165) is 31.6 Å². The molecule has 1 aromatic carbocycles. The Morgan fingerprint density at radius 1 is 1.28 bits per heavy atom. The fourth-order valence-electron chi connectivity index (χ4n) is 1.77. The third kappa shape index (κ3) is 5.68. The number of nitrogen functional groups attached to an aromatic ring is 1. The lowest BCUT2D eigenvalue weighted by Gasteiger charge is -2.15. The van der Waals surface area contributed by atoms with E-state index in [-0.39, 0.29) is 5.91 Å². The summed E-state index contributed by atoms with van der Waals surface area (Å²) >= 11 is 0. The average Bonchev–Trinajstić information content (AvgIpc) is 2.38. The van der Waals surface area contributed by atoms with E-state index in [9.17, 15) is 4.79 Å². The van der Waals surface area contributed by atoms with E-state index in [1.165, 1.54) is 5.56 Å². The number of carbonyl (C=O) groups excluding carboxylic acids is 1. The minimum atomic E-state index is 0.0976. The fraction of sp³-hybridized carbons (Fsp3) is 0.500. The number of carbonyl (C=O) groups is 1. The SMILES string of the molecule is CNC(=O)CCN(C)CCCc1ccc(N)cc1. The normalized spacial score (nSPS) is 10.6. The van der Waals surface area contributed by atoms with Crippen molar-refractivity contribution in [2.75, 3.05) is 32.9 Å². The van der Waals surface area contributed by atoms with Crippen LogP contribution in [0.2, 0.25) is 0 Å². The summed E-state index contributed by atoms with van der Waals surface area (Å²) in [6, 6.07) is 8.01. The summed E-state index contributed by atoms with van der Waals surface area (Å²) in [5, 5.41) is 2.63. The van der Waals surface area contributed by atoms with Gasteiger partial charge in [0.25, 0.3) is 0 Å². The third-order valence-electron chi connectivity index (χ3n) is 2.98. The average molecular weight is 249 g/mol. The molecule has 0 radical (unpaired) electrons. The van der Waals surface area contributed by atoms with Crippen molar-refractivity contribution in [3.8, 4) is 0 Å². The van der Waals surface area contributed by atoms with Crippen molar-refractivity contribution < 1.29 is 4.79 Å². The number of hydrogen-bond acceptors (Lipinski definition) is 3. The molecule has 1 amide bonds. The molecule has 3 N–H and O–H groups in total. The van der Waals surface area contributed by atoms with E-state index in [1.807, 2.05) is 19.2 Å². The Labute approximate surface area is 109 Å². The Kier molecular flexibility index (Phi) is 6.22. The second-order valence-electron chi connectivity index (χ2n) is 4.57. The Morgan fingerprint density at radius 3 is 2.56 bits per heavy atom. The molecule has 0 unspecified atom stereocenters. The molecular weight excluding hydrogens is 226 g/mol. The number of anilines is 1. The molecule has 0 spiro atoms.